The van der Waals surface area contributed by atoms with Crippen molar-refractivity contribution in [3.8, 4) is 0 Å². The van der Waals surface area contributed by atoms with Crippen molar-refractivity contribution in [2.45, 2.75) is 26.8 Å². The predicted molar refractivity (Wildman–Crippen MR) is 67.6 cm³/mol. The molecule has 0 radical (unpaired) electrons. The Kier molecular flexibility index (Phi) is 3.57. The Balaban J connectivity index is 2.13. The van der Waals surface area contributed by atoms with Crippen molar-refractivity contribution >= 4 is 11.0 Å². The molecule has 1 aromatic carbocycles. The van der Waals surface area contributed by atoms with Gasteiger partial charge in [-0.05, 0) is 38.6 Å². The van der Waals surface area contributed by atoms with Crippen molar-refractivity contribution in [2.24, 2.45) is 0 Å². The van der Waals surface area contributed by atoms with Gasteiger partial charge >= 0.3 is 0 Å². The van der Waals surface area contributed by atoms with E-state index < -0.39 is 0 Å². The van der Waals surface area contributed by atoms with Crippen LogP contribution >= 0.6 is 0 Å². The van der Waals surface area contributed by atoms with E-state index in [1.807, 2.05) is 6.07 Å². The van der Waals surface area contributed by atoms with Gasteiger partial charge in [-0.1, -0.05) is 19.1 Å². The van der Waals surface area contributed by atoms with E-state index >= 15 is 0 Å². The molecule has 3 nitrogen and oxygen atoms in total. The van der Waals surface area contributed by atoms with Crippen LogP contribution in [0.15, 0.2) is 24.3 Å². The van der Waals surface area contributed by atoms with Gasteiger partial charge in [0.25, 0.3) is 0 Å². The molecule has 16 heavy (non-hydrogen) atoms. The Morgan fingerprint density at radius 2 is 2.12 bits per heavy atom. The second-order valence-electron chi connectivity index (χ2n) is 4.01. The van der Waals surface area contributed by atoms with Gasteiger partial charge in [0.1, 0.15) is 5.82 Å². The third-order valence-corrected chi connectivity index (χ3v) is 2.83. The van der Waals surface area contributed by atoms with Crippen LogP contribution in [0.4, 0.5) is 0 Å². The van der Waals surface area contributed by atoms with E-state index in [4.69, 9.17) is 0 Å². The first-order valence-corrected chi connectivity index (χ1v) is 5.95. The van der Waals surface area contributed by atoms with Gasteiger partial charge in [0.2, 0.25) is 0 Å². The van der Waals surface area contributed by atoms with Gasteiger partial charge in [-0.3, -0.25) is 0 Å². The number of aryl methyl sites for hydroxylation is 2. The van der Waals surface area contributed by atoms with Crippen molar-refractivity contribution in [1.29, 1.82) is 0 Å². The topological polar surface area (TPSA) is 29.9 Å². The number of rotatable bonds is 5. The van der Waals surface area contributed by atoms with E-state index in [0.29, 0.717) is 0 Å². The van der Waals surface area contributed by atoms with E-state index in [2.05, 4.69) is 46.9 Å². The van der Waals surface area contributed by atoms with Gasteiger partial charge in [-0.25, -0.2) is 4.98 Å². The van der Waals surface area contributed by atoms with E-state index in [1.165, 1.54) is 5.52 Å². The molecular formula is C13H19N3. The van der Waals surface area contributed by atoms with Crippen molar-refractivity contribution in [2.75, 3.05) is 13.1 Å². The minimum atomic E-state index is 1.04. The second kappa shape index (κ2) is 5.12. The molecule has 0 saturated carbocycles. The van der Waals surface area contributed by atoms with E-state index in [1.54, 1.807) is 0 Å². The summed E-state index contributed by atoms with van der Waals surface area (Å²) in [6, 6.07) is 8.33. The summed E-state index contributed by atoms with van der Waals surface area (Å²) >= 11 is 0. The first kappa shape index (κ1) is 11.1. The van der Waals surface area contributed by atoms with Crippen molar-refractivity contribution in [3.05, 3.63) is 30.1 Å². The maximum Gasteiger partial charge on any atom is 0.106 e. The van der Waals surface area contributed by atoms with Crippen molar-refractivity contribution in [1.82, 2.24) is 14.9 Å². The lowest BCUT2D eigenvalue weighted by Gasteiger charge is -2.06. The molecule has 0 aliphatic rings. The molecule has 0 amide bonds. The average Bonchev–Trinajstić information content (AvgIpc) is 2.61. The highest BCUT2D eigenvalue weighted by molar-refractivity contribution is 5.75. The maximum atomic E-state index is 4.55. The normalized spacial score (nSPS) is 11.1. The molecule has 1 N–H and O–H groups in total. The Morgan fingerprint density at radius 3 is 2.94 bits per heavy atom. The van der Waals surface area contributed by atoms with Crippen LogP contribution in [0.25, 0.3) is 11.0 Å². The zero-order valence-electron chi connectivity index (χ0n) is 10.0. The standard InChI is InChI=1S/C13H19N3/c1-3-14-9-6-10-16-11(2)15-12-7-4-5-8-13(12)16/h4-5,7-8,14H,3,6,9-10H2,1-2H3. The number of nitrogens with one attached hydrogen (secondary N) is 1. The first-order valence-electron chi connectivity index (χ1n) is 5.95. The van der Waals surface area contributed by atoms with Gasteiger partial charge in [-0.15, -0.1) is 0 Å². The summed E-state index contributed by atoms with van der Waals surface area (Å²) in [7, 11) is 0. The number of aromatic nitrogens is 2. The summed E-state index contributed by atoms with van der Waals surface area (Å²) < 4.78 is 2.30. The lowest BCUT2D eigenvalue weighted by Crippen LogP contribution is -2.16. The SMILES string of the molecule is CCNCCCn1c(C)nc2ccccc21. The molecule has 0 spiro atoms. The number of benzene rings is 1. The van der Waals surface area contributed by atoms with Crippen LogP contribution < -0.4 is 5.32 Å². The Morgan fingerprint density at radius 1 is 1.31 bits per heavy atom. The molecule has 2 rings (SSSR count). The largest absolute Gasteiger partial charge is 0.328 e. The third-order valence-electron chi connectivity index (χ3n) is 2.83. The molecule has 0 saturated heterocycles. The number of imidazole rings is 1. The minimum Gasteiger partial charge on any atom is -0.328 e. The molecule has 0 aliphatic heterocycles. The Labute approximate surface area is 96.5 Å². The minimum absolute atomic E-state index is 1.04. The molecule has 0 aliphatic carbocycles. The second-order valence-corrected chi connectivity index (χ2v) is 4.01. The van der Waals surface area contributed by atoms with Gasteiger partial charge in [0.15, 0.2) is 0 Å². The lowest BCUT2D eigenvalue weighted by molar-refractivity contribution is 0.592. The molecule has 0 unspecified atom stereocenters. The summed E-state index contributed by atoms with van der Waals surface area (Å²) in [5.74, 6) is 1.11. The summed E-state index contributed by atoms with van der Waals surface area (Å²) in [6.07, 6.45) is 1.15. The van der Waals surface area contributed by atoms with Gasteiger partial charge in [-0.2, -0.15) is 0 Å². The fourth-order valence-electron chi connectivity index (χ4n) is 2.02. The number of fused-ring (bicyclic) bond motifs is 1. The zero-order valence-corrected chi connectivity index (χ0v) is 10.0. The van der Waals surface area contributed by atoms with Crippen LogP contribution in [0.1, 0.15) is 19.2 Å². The van der Waals surface area contributed by atoms with Crippen LogP contribution in [-0.4, -0.2) is 22.6 Å². The van der Waals surface area contributed by atoms with Crippen LogP contribution in [-0.2, 0) is 6.54 Å². The summed E-state index contributed by atoms with van der Waals surface area (Å²) in [6.45, 7) is 7.37. The van der Waals surface area contributed by atoms with Crippen LogP contribution in [0.3, 0.4) is 0 Å². The number of hydrogen-bond donors (Lipinski definition) is 1. The monoisotopic (exact) mass is 217 g/mol. The quantitative estimate of drug-likeness (QED) is 0.779. The first-order chi connectivity index (χ1) is 7.83. The maximum absolute atomic E-state index is 4.55. The molecule has 3 heteroatoms. The molecule has 0 atom stereocenters. The highest BCUT2D eigenvalue weighted by Gasteiger charge is 2.05. The molecule has 86 valence electrons. The van der Waals surface area contributed by atoms with E-state index in [9.17, 15) is 0 Å². The number of nitrogens with zero attached hydrogens (tertiary/aromatic N) is 2. The molecule has 2 aromatic rings. The zero-order chi connectivity index (χ0) is 11.4. The highest BCUT2D eigenvalue weighted by atomic mass is 15.1. The van der Waals surface area contributed by atoms with E-state index in [0.717, 1.165) is 37.4 Å². The molecule has 1 heterocycles. The smallest absolute Gasteiger partial charge is 0.106 e. The van der Waals surface area contributed by atoms with Crippen molar-refractivity contribution in [3.63, 3.8) is 0 Å². The summed E-state index contributed by atoms with van der Waals surface area (Å²) in [5, 5.41) is 3.34. The summed E-state index contributed by atoms with van der Waals surface area (Å²) in [5.41, 5.74) is 2.35. The van der Waals surface area contributed by atoms with Crippen LogP contribution in [0, 0.1) is 6.92 Å². The highest BCUT2D eigenvalue weighted by Crippen LogP contribution is 2.15. The summed E-state index contributed by atoms with van der Waals surface area (Å²) in [4.78, 5) is 4.55. The van der Waals surface area contributed by atoms with Crippen LogP contribution in [0.2, 0.25) is 0 Å². The Hall–Kier alpha value is -1.35. The fraction of sp³-hybridized carbons (Fsp3) is 0.462. The third kappa shape index (κ3) is 2.25. The molecular weight excluding hydrogens is 198 g/mol. The molecule has 0 fully saturated rings. The fourth-order valence-corrected chi connectivity index (χ4v) is 2.02. The van der Waals surface area contributed by atoms with Crippen LogP contribution in [0.5, 0.6) is 0 Å². The molecule has 0 bridgehead atoms. The van der Waals surface area contributed by atoms with Gasteiger partial charge < -0.3 is 9.88 Å². The lowest BCUT2D eigenvalue weighted by atomic mass is 10.3. The predicted octanol–water partition coefficient (Wildman–Crippen LogP) is 2.34. The van der Waals surface area contributed by atoms with E-state index in [-0.39, 0.29) is 0 Å². The average molecular weight is 217 g/mol. The number of hydrogen-bond acceptors (Lipinski definition) is 2. The molecule has 1 aromatic heterocycles. The van der Waals surface area contributed by atoms with Gasteiger partial charge in [0.05, 0.1) is 11.0 Å². The Bertz CT molecular complexity index is 459. The van der Waals surface area contributed by atoms with Gasteiger partial charge in [0, 0.05) is 6.54 Å². The van der Waals surface area contributed by atoms with Crippen molar-refractivity contribution < 1.29 is 0 Å². The number of para-hydroxylation sites is 2.